The molecule has 1 amide bonds. The lowest BCUT2D eigenvalue weighted by atomic mass is 10.1. The van der Waals surface area contributed by atoms with E-state index in [9.17, 15) is 4.79 Å². The number of ether oxygens (including phenoxy) is 1. The van der Waals surface area contributed by atoms with Crippen LogP contribution in [0.4, 0.5) is 0 Å². The topological polar surface area (TPSA) is 41.6 Å². The van der Waals surface area contributed by atoms with E-state index in [0.29, 0.717) is 11.4 Å². The Hall–Kier alpha value is -1.26. The van der Waals surface area contributed by atoms with Gasteiger partial charge in [0.05, 0.1) is 0 Å². The molecule has 1 N–H and O–H groups in total. The average Bonchev–Trinajstić information content (AvgIpc) is 2.81. The Kier molecular flexibility index (Phi) is 3.14. The number of amides is 1. The second-order valence-corrected chi connectivity index (χ2v) is 5.07. The predicted molar refractivity (Wildman–Crippen MR) is 69.0 cm³/mol. The van der Waals surface area contributed by atoms with Crippen molar-refractivity contribution in [3.63, 3.8) is 0 Å². The quantitative estimate of drug-likeness (QED) is 0.827. The van der Waals surface area contributed by atoms with Gasteiger partial charge in [-0.3, -0.25) is 4.79 Å². The van der Waals surface area contributed by atoms with Crippen LogP contribution < -0.4 is 10.1 Å². The fraction of sp³-hybridized carbons (Fsp3) is 0.462. The van der Waals surface area contributed by atoms with Crippen LogP contribution in [0.25, 0.3) is 0 Å². The number of nitrogens with one attached hydrogen (secondary N) is 1. The minimum atomic E-state index is -0.378. The molecule has 0 saturated carbocycles. The molecule has 1 aromatic rings. The van der Waals surface area contributed by atoms with Gasteiger partial charge in [0.1, 0.15) is 5.75 Å². The number of carbonyl (C=O) groups is 1. The molecule has 5 heteroatoms. The Morgan fingerprint density at radius 3 is 2.94 bits per heavy atom. The van der Waals surface area contributed by atoms with Crippen LogP contribution in [0.2, 0.25) is 5.02 Å². The summed E-state index contributed by atoms with van der Waals surface area (Å²) in [7, 11) is 0. The fourth-order valence-corrected chi connectivity index (χ4v) is 2.64. The van der Waals surface area contributed by atoms with Gasteiger partial charge in [0.25, 0.3) is 5.91 Å². The summed E-state index contributed by atoms with van der Waals surface area (Å²) >= 11 is 5.94. The second-order valence-electron chi connectivity index (χ2n) is 4.64. The molecule has 1 saturated heterocycles. The molecule has 0 spiro atoms. The SMILES string of the molecule is O=C(C1Cc2cc(Cl)ccc2O1)N1CCNCC1. The van der Waals surface area contributed by atoms with Crippen molar-refractivity contribution in [1.29, 1.82) is 0 Å². The van der Waals surface area contributed by atoms with Crippen LogP contribution in [0.15, 0.2) is 18.2 Å². The molecule has 0 aliphatic carbocycles. The Bertz CT molecular complexity index is 472. The van der Waals surface area contributed by atoms with Crippen molar-refractivity contribution in [3.05, 3.63) is 28.8 Å². The lowest BCUT2D eigenvalue weighted by Gasteiger charge is -2.29. The number of carbonyl (C=O) groups excluding carboxylic acids is 1. The third-order valence-corrected chi connectivity index (χ3v) is 3.64. The number of rotatable bonds is 1. The molecular formula is C13H15ClN2O2. The smallest absolute Gasteiger partial charge is 0.264 e. The molecule has 2 aliphatic heterocycles. The van der Waals surface area contributed by atoms with Crippen molar-refractivity contribution >= 4 is 17.5 Å². The van der Waals surface area contributed by atoms with E-state index in [2.05, 4.69) is 5.32 Å². The lowest BCUT2D eigenvalue weighted by molar-refractivity contribution is -0.138. The number of benzene rings is 1. The van der Waals surface area contributed by atoms with E-state index in [1.807, 2.05) is 17.0 Å². The van der Waals surface area contributed by atoms with E-state index >= 15 is 0 Å². The molecule has 4 nitrogen and oxygen atoms in total. The summed E-state index contributed by atoms with van der Waals surface area (Å²) < 4.78 is 5.71. The summed E-state index contributed by atoms with van der Waals surface area (Å²) in [5.74, 6) is 0.872. The molecule has 2 aliphatic rings. The molecule has 0 bridgehead atoms. The maximum atomic E-state index is 12.3. The van der Waals surface area contributed by atoms with E-state index in [0.717, 1.165) is 37.5 Å². The molecule has 18 heavy (non-hydrogen) atoms. The Balaban J connectivity index is 1.71. The van der Waals surface area contributed by atoms with Gasteiger partial charge in [-0.05, 0) is 23.8 Å². The molecule has 3 rings (SSSR count). The van der Waals surface area contributed by atoms with Gasteiger partial charge in [0.15, 0.2) is 6.10 Å². The van der Waals surface area contributed by atoms with Gasteiger partial charge in [-0.25, -0.2) is 0 Å². The highest BCUT2D eigenvalue weighted by molar-refractivity contribution is 6.30. The molecule has 1 fully saturated rings. The van der Waals surface area contributed by atoms with E-state index in [4.69, 9.17) is 16.3 Å². The zero-order valence-electron chi connectivity index (χ0n) is 9.99. The molecule has 2 heterocycles. The zero-order chi connectivity index (χ0) is 12.5. The highest BCUT2D eigenvalue weighted by atomic mass is 35.5. The Morgan fingerprint density at radius 1 is 1.39 bits per heavy atom. The first-order chi connectivity index (χ1) is 8.74. The molecule has 0 radical (unpaired) electrons. The second kappa shape index (κ2) is 4.78. The van der Waals surface area contributed by atoms with E-state index in [1.165, 1.54) is 0 Å². The van der Waals surface area contributed by atoms with Crippen LogP contribution in [0.5, 0.6) is 5.75 Å². The summed E-state index contributed by atoms with van der Waals surface area (Å²) in [6.07, 6.45) is 0.245. The van der Waals surface area contributed by atoms with Gasteiger partial charge >= 0.3 is 0 Å². The molecule has 1 unspecified atom stereocenters. The standard InChI is InChI=1S/C13H15ClN2O2/c14-10-1-2-11-9(7-10)8-12(18-11)13(17)16-5-3-15-4-6-16/h1-2,7,12,15H,3-6,8H2. The van der Waals surface area contributed by atoms with Gasteiger partial charge in [-0.2, -0.15) is 0 Å². The summed E-state index contributed by atoms with van der Waals surface area (Å²) in [6.45, 7) is 3.24. The lowest BCUT2D eigenvalue weighted by Crippen LogP contribution is -2.50. The highest BCUT2D eigenvalue weighted by Gasteiger charge is 2.32. The molecule has 96 valence electrons. The van der Waals surface area contributed by atoms with Crippen molar-refractivity contribution in [2.75, 3.05) is 26.2 Å². The number of nitrogens with zero attached hydrogens (tertiary/aromatic N) is 1. The van der Waals surface area contributed by atoms with Gasteiger partial charge in [0, 0.05) is 37.6 Å². The summed E-state index contributed by atoms with van der Waals surface area (Å²) in [5.41, 5.74) is 1.02. The van der Waals surface area contributed by atoms with Gasteiger partial charge in [-0.1, -0.05) is 11.6 Å². The predicted octanol–water partition coefficient (Wildman–Crippen LogP) is 1.08. The summed E-state index contributed by atoms with van der Waals surface area (Å²) in [5, 5.41) is 3.92. The van der Waals surface area contributed by atoms with Crippen molar-refractivity contribution < 1.29 is 9.53 Å². The first kappa shape index (κ1) is 11.8. The highest BCUT2D eigenvalue weighted by Crippen LogP contribution is 2.31. The fourth-order valence-electron chi connectivity index (χ4n) is 2.44. The monoisotopic (exact) mass is 266 g/mol. The van der Waals surface area contributed by atoms with E-state index < -0.39 is 0 Å². The minimum absolute atomic E-state index is 0.0869. The number of piperazine rings is 1. The van der Waals surface area contributed by atoms with Crippen molar-refractivity contribution in [1.82, 2.24) is 10.2 Å². The van der Waals surface area contributed by atoms with Crippen LogP contribution in [0.3, 0.4) is 0 Å². The van der Waals surface area contributed by atoms with Gasteiger partial charge < -0.3 is 15.0 Å². The van der Waals surface area contributed by atoms with Gasteiger partial charge in [-0.15, -0.1) is 0 Å². The van der Waals surface area contributed by atoms with Crippen molar-refractivity contribution in [2.24, 2.45) is 0 Å². The maximum Gasteiger partial charge on any atom is 0.264 e. The third kappa shape index (κ3) is 2.18. The van der Waals surface area contributed by atoms with Crippen LogP contribution in [-0.2, 0) is 11.2 Å². The summed E-state index contributed by atoms with van der Waals surface area (Å²) in [4.78, 5) is 14.2. The maximum absolute atomic E-state index is 12.3. The average molecular weight is 267 g/mol. The molecule has 1 aromatic carbocycles. The van der Waals surface area contributed by atoms with Gasteiger partial charge in [0.2, 0.25) is 0 Å². The largest absolute Gasteiger partial charge is 0.480 e. The summed E-state index contributed by atoms with van der Waals surface area (Å²) in [6, 6.07) is 5.50. The number of hydrogen-bond acceptors (Lipinski definition) is 3. The molecule has 0 aromatic heterocycles. The zero-order valence-corrected chi connectivity index (χ0v) is 10.7. The first-order valence-electron chi connectivity index (χ1n) is 6.18. The Labute approximate surface area is 111 Å². The van der Waals surface area contributed by atoms with Crippen LogP contribution in [0.1, 0.15) is 5.56 Å². The normalized spacial score (nSPS) is 22.5. The van der Waals surface area contributed by atoms with E-state index in [1.54, 1.807) is 6.07 Å². The number of hydrogen-bond donors (Lipinski definition) is 1. The molecule has 1 atom stereocenters. The van der Waals surface area contributed by atoms with Crippen LogP contribution >= 0.6 is 11.6 Å². The number of fused-ring (bicyclic) bond motifs is 1. The molecular weight excluding hydrogens is 252 g/mol. The van der Waals surface area contributed by atoms with Crippen LogP contribution in [0, 0.1) is 0 Å². The van der Waals surface area contributed by atoms with E-state index in [-0.39, 0.29) is 12.0 Å². The Morgan fingerprint density at radius 2 is 2.17 bits per heavy atom. The third-order valence-electron chi connectivity index (χ3n) is 3.40. The van der Waals surface area contributed by atoms with Crippen LogP contribution in [-0.4, -0.2) is 43.1 Å². The van der Waals surface area contributed by atoms with Crippen molar-refractivity contribution in [2.45, 2.75) is 12.5 Å². The first-order valence-corrected chi connectivity index (χ1v) is 6.56. The van der Waals surface area contributed by atoms with Crippen molar-refractivity contribution in [3.8, 4) is 5.75 Å². The minimum Gasteiger partial charge on any atom is -0.480 e. The number of halogens is 1.